The van der Waals surface area contributed by atoms with Gasteiger partial charge in [-0.1, -0.05) is 32.9 Å². The molecule has 0 aliphatic heterocycles. The molecule has 10 heteroatoms. The highest BCUT2D eigenvalue weighted by Crippen LogP contribution is 2.32. The zero-order valence-electron chi connectivity index (χ0n) is 19.4. The number of hydrogen-bond acceptors (Lipinski definition) is 6. The van der Waals surface area contributed by atoms with Gasteiger partial charge in [-0.2, -0.15) is 0 Å². The van der Waals surface area contributed by atoms with Crippen LogP contribution in [0.25, 0.3) is 17.3 Å². The largest absolute Gasteiger partial charge is 0.481 e. The van der Waals surface area contributed by atoms with E-state index in [-0.39, 0.29) is 30.6 Å². The zero-order chi connectivity index (χ0) is 24.9. The van der Waals surface area contributed by atoms with Crippen molar-refractivity contribution in [3.8, 4) is 11.3 Å². The van der Waals surface area contributed by atoms with Crippen molar-refractivity contribution in [2.75, 3.05) is 17.6 Å². The van der Waals surface area contributed by atoms with Gasteiger partial charge in [-0.15, -0.1) is 0 Å². The number of halogens is 1. The minimum absolute atomic E-state index is 0.00241. The van der Waals surface area contributed by atoms with Crippen molar-refractivity contribution in [2.45, 2.75) is 45.6 Å². The number of benzene rings is 1. The van der Waals surface area contributed by atoms with E-state index >= 15 is 0 Å². The second-order valence-corrected chi connectivity index (χ2v) is 10.4. The summed E-state index contributed by atoms with van der Waals surface area (Å²) < 4.78 is 38.7. The van der Waals surface area contributed by atoms with Crippen LogP contribution in [0.4, 0.5) is 10.3 Å². The highest BCUT2D eigenvalue weighted by atomic mass is 32.2. The Morgan fingerprint density at radius 3 is 2.30 bits per heavy atom. The topological polar surface area (TPSA) is 121 Å². The molecule has 0 spiro atoms. The van der Waals surface area contributed by atoms with Gasteiger partial charge in [0.2, 0.25) is 16.0 Å². The lowest BCUT2D eigenvalue weighted by Crippen LogP contribution is -2.27. The number of carboxylic acid groups (broad SMARTS) is 1. The number of rotatable bonds is 10. The molecule has 2 atom stereocenters. The van der Waals surface area contributed by atoms with Crippen LogP contribution >= 0.6 is 0 Å². The number of carbonyl (C=O) groups is 1. The van der Waals surface area contributed by atoms with E-state index in [1.54, 1.807) is 18.2 Å². The van der Waals surface area contributed by atoms with E-state index in [2.05, 4.69) is 9.97 Å². The maximum absolute atomic E-state index is 13.5. The van der Waals surface area contributed by atoms with Gasteiger partial charge in [0.05, 0.1) is 30.2 Å². The summed E-state index contributed by atoms with van der Waals surface area (Å²) in [5.74, 6) is -1.73. The molecule has 1 heterocycles. The van der Waals surface area contributed by atoms with Crippen LogP contribution in [0.5, 0.6) is 0 Å². The van der Waals surface area contributed by atoms with E-state index in [1.165, 1.54) is 19.2 Å². The number of carboxylic acids is 1. The molecule has 0 fully saturated rings. The third-order valence-electron chi connectivity index (χ3n) is 5.05. The number of aliphatic carboxylic acids is 1. The molecule has 1 aromatic carbocycles. The van der Waals surface area contributed by atoms with Crippen LogP contribution in [0.3, 0.4) is 0 Å². The monoisotopic (exact) mass is 479 g/mol. The predicted molar refractivity (Wildman–Crippen MR) is 126 cm³/mol. The molecular formula is C23H30FN3O5S. The third kappa shape index (κ3) is 7.33. The molecule has 1 aromatic heterocycles. The highest BCUT2D eigenvalue weighted by Gasteiger charge is 2.22. The van der Waals surface area contributed by atoms with Crippen LogP contribution in [0.15, 0.2) is 30.3 Å². The normalized spacial score (nSPS) is 13.9. The lowest BCUT2D eigenvalue weighted by Gasteiger charge is -2.20. The predicted octanol–water partition coefficient (Wildman–Crippen LogP) is 3.68. The Morgan fingerprint density at radius 1 is 1.18 bits per heavy atom. The fourth-order valence-corrected chi connectivity index (χ4v) is 3.63. The number of allylic oxidation sites excluding steroid dienone is 1. The summed E-state index contributed by atoms with van der Waals surface area (Å²) in [6, 6.07) is 5.71. The SMILES string of the molecule is CC(C)c1nc(N(C)S(C)(=O)=O)nc(-c2ccc(F)cc2)c1/C=C/[C@H](C)C[C@@H](O)CC(=O)O. The maximum atomic E-state index is 13.5. The fourth-order valence-electron chi connectivity index (χ4n) is 3.25. The lowest BCUT2D eigenvalue weighted by molar-refractivity contribution is -0.139. The molecule has 180 valence electrons. The maximum Gasteiger partial charge on any atom is 0.305 e. The first kappa shape index (κ1) is 26.4. The van der Waals surface area contributed by atoms with E-state index in [0.717, 1.165) is 10.6 Å². The second-order valence-electron chi connectivity index (χ2n) is 8.39. The molecule has 0 saturated heterocycles. The molecule has 0 amide bonds. The van der Waals surface area contributed by atoms with Crippen molar-refractivity contribution in [2.24, 2.45) is 5.92 Å². The average molecular weight is 480 g/mol. The Hall–Kier alpha value is -2.85. The molecule has 2 rings (SSSR count). The number of aliphatic hydroxyl groups excluding tert-OH is 1. The molecular weight excluding hydrogens is 449 g/mol. The average Bonchev–Trinajstić information content (AvgIpc) is 2.70. The molecule has 0 saturated carbocycles. The lowest BCUT2D eigenvalue weighted by atomic mass is 9.95. The molecule has 33 heavy (non-hydrogen) atoms. The Labute approximate surface area is 193 Å². The highest BCUT2D eigenvalue weighted by molar-refractivity contribution is 7.92. The zero-order valence-corrected chi connectivity index (χ0v) is 20.2. The fraction of sp³-hybridized carbons (Fsp3) is 0.435. The minimum atomic E-state index is -3.61. The summed E-state index contributed by atoms with van der Waals surface area (Å²) in [7, 11) is -2.25. The summed E-state index contributed by atoms with van der Waals surface area (Å²) >= 11 is 0. The van der Waals surface area contributed by atoms with Crippen LogP contribution in [-0.2, 0) is 14.8 Å². The molecule has 0 aliphatic carbocycles. The second kappa shape index (κ2) is 10.8. The third-order valence-corrected chi connectivity index (χ3v) is 6.21. The quantitative estimate of drug-likeness (QED) is 0.533. The van der Waals surface area contributed by atoms with Gasteiger partial charge in [0.25, 0.3) is 0 Å². The molecule has 2 aromatic rings. The van der Waals surface area contributed by atoms with Crippen molar-refractivity contribution >= 4 is 28.0 Å². The van der Waals surface area contributed by atoms with Crippen LogP contribution < -0.4 is 4.31 Å². The van der Waals surface area contributed by atoms with E-state index in [9.17, 15) is 22.7 Å². The van der Waals surface area contributed by atoms with Gasteiger partial charge in [-0.05, 0) is 42.5 Å². The Morgan fingerprint density at radius 2 is 1.79 bits per heavy atom. The van der Waals surface area contributed by atoms with Gasteiger partial charge < -0.3 is 10.2 Å². The van der Waals surface area contributed by atoms with E-state index < -0.39 is 27.9 Å². The molecule has 0 bridgehead atoms. The Bertz CT molecular complexity index is 1120. The molecule has 8 nitrogen and oxygen atoms in total. The van der Waals surface area contributed by atoms with Crippen molar-refractivity contribution in [3.05, 3.63) is 47.4 Å². The number of sulfonamides is 1. The standard InChI is InChI=1S/C23H30FN3O5S/c1-14(2)21-19(11-6-15(3)12-18(28)13-20(29)30)22(16-7-9-17(24)10-8-16)26-23(25-21)27(4)33(5,31)32/h6-11,14-15,18,28H,12-13H2,1-5H3,(H,29,30)/b11-6+/t15-,18+/m0/s1. The Kier molecular flexibility index (Phi) is 8.68. The van der Waals surface area contributed by atoms with E-state index in [0.29, 0.717) is 22.5 Å². The number of aliphatic hydroxyl groups is 1. The van der Waals surface area contributed by atoms with Crippen molar-refractivity contribution in [1.82, 2.24) is 9.97 Å². The van der Waals surface area contributed by atoms with Gasteiger partial charge in [-0.3, -0.25) is 4.79 Å². The van der Waals surface area contributed by atoms with Crippen molar-refractivity contribution < 1.29 is 27.8 Å². The summed E-state index contributed by atoms with van der Waals surface area (Å²) in [5, 5.41) is 18.8. The van der Waals surface area contributed by atoms with Gasteiger partial charge >= 0.3 is 5.97 Å². The smallest absolute Gasteiger partial charge is 0.305 e. The van der Waals surface area contributed by atoms with Gasteiger partial charge in [0.1, 0.15) is 5.82 Å². The summed E-state index contributed by atoms with van der Waals surface area (Å²) in [4.78, 5) is 19.8. The molecule has 0 aliphatic rings. The first-order chi connectivity index (χ1) is 15.3. The van der Waals surface area contributed by atoms with Gasteiger partial charge in [-0.25, -0.2) is 27.1 Å². The molecule has 2 N–H and O–H groups in total. The van der Waals surface area contributed by atoms with Crippen LogP contribution in [-0.4, -0.2) is 54.0 Å². The van der Waals surface area contributed by atoms with E-state index in [1.807, 2.05) is 26.8 Å². The summed E-state index contributed by atoms with van der Waals surface area (Å²) in [6.45, 7) is 5.68. The first-order valence-electron chi connectivity index (χ1n) is 10.5. The first-order valence-corrected chi connectivity index (χ1v) is 12.3. The van der Waals surface area contributed by atoms with Crippen molar-refractivity contribution in [3.63, 3.8) is 0 Å². The summed E-state index contributed by atoms with van der Waals surface area (Å²) in [6.07, 6.45) is 3.60. The van der Waals surface area contributed by atoms with Gasteiger partial charge in [0, 0.05) is 18.2 Å². The minimum Gasteiger partial charge on any atom is -0.481 e. The summed E-state index contributed by atoms with van der Waals surface area (Å²) in [5.41, 5.74) is 2.27. The van der Waals surface area contributed by atoms with Crippen LogP contribution in [0.1, 0.15) is 50.8 Å². The van der Waals surface area contributed by atoms with Crippen LogP contribution in [0.2, 0.25) is 0 Å². The Balaban J connectivity index is 2.61. The van der Waals surface area contributed by atoms with Crippen molar-refractivity contribution in [1.29, 1.82) is 0 Å². The number of nitrogens with zero attached hydrogens (tertiary/aromatic N) is 3. The molecule has 0 unspecified atom stereocenters. The van der Waals surface area contributed by atoms with Crippen LogP contribution in [0, 0.1) is 11.7 Å². The number of hydrogen-bond donors (Lipinski definition) is 2. The number of aromatic nitrogens is 2. The molecule has 0 radical (unpaired) electrons. The van der Waals surface area contributed by atoms with Gasteiger partial charge in [0.15, 0.2) is 0 Å². The number of anilines is 1. The van der Waals surface area contributed by atoms with E-state index in [4.69, 9.17) is 5.11 Å².